The molecule has 0 aromatic heterocycles. The molecule has 1 nitrogen and oxygen atoms in total. The van der Waals surface area contributed by atoms with Crippen LogP contribution in [0.1, 0.15) is 73.1 Å². The summed E-state index contributed by atoms with van der Waals surface area (Å²) in [5.74, 6) is 1.96. The molecule has 0 amide bonds. The minimum Gasteiger partial charge on any atom is -0.300 e. The standard InChI is InChI=1S/C17H30O/c1-13(8-10-15(3)18)9-11-16-14(2)7-6-12-17(16,4)5/h8,14,16H,6-7,9-12H2,1-5H3/b13-8+. The first-order chi connectivity index (χ1) is 8.33. The molecule has 2 unspecified atom stereocenters. The van der Waals surface area contributed by atoms with Gasteiger partial charge in [-0.2, -0.15) is 0 Å². The zero-order chi connectivity index (χ0) is 13.8. The van der Waals surface area contributed by atoms with Gasteiger partial charge in [0.05, 0.1) is 0 Å². The van der Waals surface area contributed by atoms with Gasteiger partial charge in [0, 0.05) is 6.42 Å². The molecule has 1 heteroatoms. The first-order valence-corrected chi connectivity index (χ1v) is 7.48. The summed E-state index contributed by atoms with van der Waals surface area (Å²) in [5.41, 5.74) is 1.89. The van der Waals surface area contributed by atoms with E-state index in [4.69, 9.17) is 0 Å². The summed E-state index contributed by atoms with van der Waals surface area (Å²) in [6.45, 7) is 11.1. The van der Waals surface area contributed by atoms with Crippen LogP contribution in [0.2, 0.25) is 0 Å². The van der Waals surface area contributed by atoms with E-state index in [9.17, 15) is 4.79 Å². The summed E-state index contributed by atoms with van der Waals surface area (Å²) in [7, 11) is 0. The number of hydrogen-bond donors (Lipinski definition) is 0. The summed E-state index contributed by atoms with van der Waals surface area (Å²) >= 11 is 0. The Morgan fingerprint density at radius 3 is 2.56 bits per heavy atom. The van der Waals surface area contributed by atoms with Gasteiger partial charge in [-0.15, -0.1) is 0 Å². The smallest absolute Gasteiger partial charge is 0.133 e. The molecule has 1 aliphatic rings. The normalized spacial score (nSPS) is 28.2. The van der Waals surface area contributed by atoms with Crippen molar-refractivity contribution < 1.29 is 4.79 Å². The number of ketones is 1. The molecule has 1 rings (SSSR count). The van der Waals surface area contributed by atoms with Crippen molar-refractivity contribution in [2.45, 2.75) is 73.1 Å². The lowest BCUT2D eigenvalue weighted by Crippen LogP contribution is -2.33. The highest BCUT2D eigenvalue weighted by Crippen LogP contribution is 2.46. The Kier molecular flexibility index (Phi) is 5.62. The SMILES string of the molecule is CC(=O)C/C=C(\C)CCC1C(C)CCCC1(C)C. The van der Waals surface area contributed by atoms with Crippen molar-refractivity contribution >= 4 is 5.78 Å². The topological polar surface area (TPSA) is 17.1 Å². The van der Waals surface area contributed by atoms with E-state index in [1.165, 1.54) is 31.3 Å². The Balaban J connectivity index is 2.50. The van der Waals surface area contributed by atoms with Gasteiger partial charge in [0.2, 0.25) is 0 Å². The molecule has 0 spiro atoms. The quantitative estimate of drug-likeness (QED) is 0.616. The van der Waals surface area contributed by atoms with E-state index in [2.05, 4.69) is 33.8 Å². The molecule has 0 N–H and O–H groups in total. The molecule has 18 heavy (non-hydrogen) atoms. The minimum absolute atomic E-state index is 0.265. The van der Waals surface area contributed by atoms with Gasteiger partial charge in [0.1, 0.15) is 5.78 Å². The molecule has 0 saturated heterocycles. The maximum absolute atomic E-state index is 11.0. The number of hydrogen-bond acceptors (Lipinski definition) is 1. The molecule has 0 aromatic rings. The highest BCUT2D eigenvalue weighted by Gasteiger charge is 2.36. The van der Waals surface area contributed by atoms with Crippen LogP contribution in [0.4, 0.5) is 0 Å². The lowest BCUT2D eigenvalue weighted by atomic mass is 9.62. The van der Waals surface area contributed by atoms with Gasteiger partial charge in [0.15, 0.2) is 0 Å². The van der Waals surface area contributed by atoms with Crippen LogP contribution in [0.3, 0.4) is 0 Å². The average molecular weight is 250 g/mol. The van der Waals surface area contributed by atoms with Gasteiger partial charge < -0.3 is 0 Å². The van der Waals surface area contributed by atoms with Gasteiger partial charge in [0.25, 0.3) is 0 Å². The molecule has 0 bridgehead atoms. The van der Waals surface area contributed by atoms with Crippen LogP contribution in [-0.4, -0.2) is 5.78 Å². The predicted molar refractivity (Wildman–Crippen MR) is 78.6 cm³/mol. The average Bonchev–Trinajstić information content (AvgIpc) is 2.24. The minimum atomic E-state index is 0.265. The molecule has 0 heterocycles. The number of allylic oxidation sites excluding steroid dienone is 2. The van der Waals surface area contributed by atoms with Crippen molar-refractivity contribution in [3.05, 3.63) is 11.6 Å². The second-order valence-corrected chi connectivity index (χ2v) is 6.96. The van der Waals surface area contributed by atoms with Gasteiger partial charge >= 0.3 is 0 Å². The number of rotatable bonds is 5. The van der Waals surface area contributed by atoms with Gasteiger partial charge in [-0.1, -0.05) is 45.3 Å². The van der Waals surface area contributed by atoms with E-state index in [1.54, 1.807) is 6.92 Å². The monoisotopic (exact) mass is 250 g/mol. The molecule has 104 valence electrons. The Labute approximate surface area is 113 Å². The van der Waals surface area contributed by atoms with Crippen molar-refractivity contribution in [1.82, 2.24) is 0 Å². The number of Topliss-reactive ketones (excluding diaryl/α,β-unsaturated/α-hetero) is 1. The molecular weight excluding hydrogens is 220 g/mol. The third kappa shape index (κ3) is 4.59. The Morgan fingerprint density at radius 1 is 1.33 bits per heavy atom. The maximum Gasteiger partial charge on any atom is 0.133 e. The Morgan fingerprint density at radius 2 is 2.00 bits per heavy atom. The van der Waals surface area contributed by atoms with Crippen LogP contribution >= 0.6 is 0 Å². The lowest BCUT2D eigenvalue weighted by molar-refractivity contribution is -0.116. The molecule has 0 aliphatic heterocycles. The Bertz CT molecular complexity index is 312. The van der Waals surface area contributed by atoms with Gasteiger partial charge in [-0.05, 0) is 50.4 Å². The second-order valence-electron chi connectivity index (χ2n) is 6.96. The molecule has 1 saturated carbocycles. The highest BCUT2D eigenvalue weighted by atomic mass is 16.1. The fourth-order valence-electron chi connectivity index (χ4n) is 3.51. The summed E-state index contributed by atoms with van der Waals surface area (Å²) in [6.07, 6.45) is 9.32. The molecular formula is C17H30O. The zero-order valence-corrected chi connectivity index (χ0v) is 12.9. The van der Waals surface area contributed by atoms with Crippen molar-refractivity contribution in [3.63, 3.8) is 0 Å². The van der Waals surface area contributed by atoms with Crippen LogP contribution in [0.25, 0.3) is 0 Å². The van der Waals surface area contributed by atoms with E-state index in [1.807, 2.05) is 0 Å². The molecule has 1 aliphatic carbocycles. The van der Waals surface area contributed by atoms with E-state index in [-0.39, 0.29) is 5.78 Å². The van der Waals surface area contributed by atoms with Crippen LogP contribution in [0.15, 0.2) is 11.6 Å². The van der Waals surface area contributed by atoms with Gasteiger partial charge in [-0.3, -0.25) is 4.79 Å². The molecule has 2 atom stereocenters. The summed E-state index contributed by atoms with van der Waals surface area (Å²) in [5, 5.41) is 0. The number of carbonyl (C=O) groups excluding carboxylic acids is 1. The first kappa shape index (κ1) is 15.5. The third-order valence-electron chi connectivity index (χ3n) is 4.76. The third-order valence-corrected chi connectivity index (χ3v) is 4.76. The zero-order valence-electron chi connectivity index (χ0n) is 12.9. The largest absolute Gasteiger partial charge is 0.300 e. The molecule has 0 aromatic carbocycles. The molecule has 1 fully saturated rings. The first-order valence-electron chi connectivity index (χ1n) is 7.48. The van der Waals surface area contributed by atoms with E-state index < -0.39 is 0 Å². The van der Waals surface area contributed by atoms with Crippen LogP contribution in [-0.2, 0) is 4.79 Å². The van der Waals surface area contributed by atoms with E-state index >= 15 is 0 Å². The van der Waals surface area contributed by atoms with E-state index in [0.717, 1.165) is 18.3 Å². The Hall–Kier alpha value is -0.590. The summed E-state index contributed by atoms with van der Waals surface area (Å²) in [6, 6.07) is 0. The van der Waals surface area contributed by atoms with Crippen molar-refractivity contribution in [2.24, 2.45) is 17.3 Å². The van der Waals surface area contributed by atoms with Crippen molar-refractivity contribution in [2.75, 3.05) is 0 Å². The van der Waals surface area contributed by atoms with Crippen LogP contribution in [0, 0.1) is 17.3 Å². The van der Waals surface area contributed by atoms with Crippen molar-refractivity contribution in [1.29, 1.82) is 0 Å². The maximum atomic E-state index is 11.0. The summed E-state index contributed by atoms with van der Waals surface area (Å²) in [4.78, 5) is 11.0. The fraction of sp³-hybridized carbons (Fsp3) is 0.824. The van der Waals surface area contributed by atoms with Crippen LogP contribution in [0.5, 0.6) is 0 Å². The predicted octanol–water partition coefficient (Wildman–Crippen LogP) is 5.15. The summed E-state index contributed by atoms with van der Waals surface area (Å²) < 4.78 is 0. The van der Waals surface area contributed by atoms with Crippen LogP contribution < -0.4 is 0 Å². The fourth-order valence-corrected chi connectivity index (χ4v) is 3.51. The van der Waals surface area contributed by atoms with Crippen molar-refractivity contribution in [3.8, 4) is 0 Å². The van der Waals surface area contributed by atoms with Gasteiger partial charge in [-0.25, -0.2) is 0 Å². The second kappa shape index (κ2) is 6.54. The molecule has 0 radical (unpaired) electrons. The van der Waals surface area contributed by atoms with E-state index in [0.29, 0.717) is 11.8 Å². The lowest BCUT2D eigenvalue weighted by Gasteiger charge is -2.43. The number of carbonyl (C=O) groups is 1. The highest BCUT2D eigenvalue weighted by molar-refractivity contribution is 5.77.